The minimum Gasteiger partial charge on any atom is -0.496 e. The van der Waals surface area contributed by atoms with Gasteiger partial charge in [0.05, 0.1) is 27.9 Å². The van der Waals surface area contributed by atoms with Crippen LogP contribution in [0.25, 0.3) is 5.03 Å². The molecule has 1 aliphatic heterocycles. The number of hydrogen-bond donors (Lipinski definition) is 1. The van der Waals surface area contributed by atoms with Crippen LogP contribution >= 0.6 is 23.4 Å². The molecule has 112 valence electrons. The summed E-state index contributed by atoms with van der Waals surface area (Å²) in [6, 6.07) is 15.0. The number of hydrogen-bond acceptors (Lipinski definition) is 3. The summed E-state index contributed by atoms with van der Waals surface area (Å²) in [5.74, 6) is -0.300. The third-order valence-corrected chi connectivity index (χ3v) is 5.31. The average Bonchev–Trinajstić information content (AvgIpc) is 2.54. The van der Waals surface area contributed by atoms with Gasteiger partial charge in [0.1, 0.15) is 5.75 Å². The van der Waals surface area contributed by atoms with E-state index in [0.29, 0.717) is 11.3 Å². The first-order valence-corrected chi connectivity index (χ1v) is 7.91. The third kappa shape index (κ3) is 2.49. The summed E-state index contributed by atoms with van der Waals surface area (Å²) in [6.07, 6.45) is 0. The van der Waals surface area contributed by atoms with Crippen molar-refractivity contribution in [2.45, 2.75) is 10.1 Å². The molecule has 0 saturated carbocycles. The molecule has 1 heterocycles. The van der Waals surface area contributed by atoms with Crippen LogP contribution in [0.4, 0.5) is 0 Å². The lowest BCUT2D eigenvalue weighted by atomic mass is 10.0. The lowest BCUT2D eigenvalue weighted by molar-refractivity contribution is -0.132. The molecule has 0 saturated heterocycles. The largest absolute Gasteiger partial charge is 0.496 e. The van der Waals surface area contributed by atoms with E-state index in [4.69, 9.17) is 16.3 Å². The molecule has 2 aromatic carbocycles. The normalized spacial score (nSPS) is 17.1. The molecule has 0 aliphatic carbocycles. The first-order valence-electron chi connectivity index (χ1n) is 6.65. The molecule has 0 bridgehead atoms. The molecule has 0 spiro atoms. The molecular formula is C17H13ClO3S. The van der Waals surface area contributed by atoms with E-state index in [1.165, 1.54) is 11.8 Å². The minimum atomic E-state index is -1.00. The topological polar surface area (TPSA) is 46.5 Å². The molecule has 1 unspecified atom stereocenters. The van der Waals surface area contributed by atoms with Gasteiger partial charge in [-0.2, -0.15) is 0 Å². The van der Waals surface area contributed by atoms with Crippen LogP contribution in [-0.4, -0.2) is 18.2 Å². The maximum atomic E-state index is 11.7. The SMILES string of the molecule is COc1cccc2c1SC(c1ccccc1)C(C(=O)O)=C2Cl. The van der Waals surface area contributed by atoms with E-state index in [-0.39, 0.29) is 15.9 Å². The highest BCUT2D eigenvalue weighted by molar-refractivity contribution is 8.00. The minimum absolute atomic E-state index is 0.207. The van der Waals surface area contributed by atoms with Crippen LogP contribution in [0.15, 0.2) is 59.0 Å². The third-order valence-electron chi connectivity index (χ3n) is 3.50. The van der Waals surface area contributed by atoms with Crippen molar-refractivity contribution < 1.29 is 14.6 Å². The Balaban J connectivity index is 2.22. The highest BCUT2D eigenvalue weighted by Gasteiger charge is 2.34. The van der Waals surface area contributed by atoms with Crippen LogP contribution in [-0.2, 0) is 4.79 Å². The zero-order valence-electron chi connectivity index (χ0n) is 11.7. The Morgan fingerprint density at radius 3 is 2.55 bits per heavy atom. The predicted molar refractivity (Wildman–Crippen MR) is 88.4 cm³/mol. The summed E-state index contributed by atoms with van der Waals surface area (Å²) in [5, 5.41) is 9.51. The summed E-state index contributed by atoms with van der Waals surface area (Å²) in [7, 11) is 1.60. The number of thioether (sulfide) groups is 1. The predicted octanol–water partition coefficient (Wildman–Crippen LogP) is 4.58. The maximum absolute atomic E-state index is 11.7. The van der Waals surface area contributed by atoms with Crippen molar-refractivity contribution in [2.75, 3.05) is 7.11 Å². The van der Waals surface area contributed by atoms with Crippen molar-refractivity contribution >= 4 is 34.4 Å². The number of carboxylic acids is 1. The molecule has 3 rings (SSSR count). The Hall–Kier alpha value is -1.91. The van der Waals surface area contributed by atoms with Crippen molar-refractivity contribution in [3.63, 3.8) is 0 Å². The van der Waals surface area contributed by atoms with Crippen molar-refractivity contribution in [3.8, 4) is 5.75 Å². The monoisotopic (exact) mass is 332 g/mol. The molecule has 1 atom stereocenters. The quantitative estimate of drug-likeness (QED) is 0.893. The van der Waals surface area contributed by atoms with Crippen molar-refractivity contribution in [2.24, 2.45) is 0 Å². The number of carboxylic acid groups (broad SMARTS) is 1. The maximum Gasteiger partial charge on any atom is 0.334 e. The highest BCUT2D eigenvalue weighted by atomic mass is 35.5. The standard InChI is InChI=1S/C17H13ClO3S/c1-21-12-9-5-8-11-14(18)13(17(19)20)15(22-16(11)12)10-6-3-2-4-7-10/h2-9,15H,1H3,(H,19,20). The summed E-state index contributed by atoms with van der Waals surface area (Å²) in [6.45, 7) is 0. The Bertz CT molecular complexity index is 756. The average molecular weight is 333 g/mol. The van der Waals surface area contributed by atoms with Crippen molar-refractivity contribution in [1.82, 2.24) is 0 Å². The summed E-state index contributed by atoms with van der Waals surface area (Å²) < 4.78 is 5.39. The zero-order valence-corrected chi connectivity index (χ0v) is 13.3. The van der Waals surface area contributed by atoms with E-state index in [0.717, 1.165) is 10.5 Å². The number of rotatable bonds is 3. The van der Waals surface area contributed by atoms with Crippen LogP contribution in [0, 0.1) is 0 Å². The Labute approximate surface area is 137 Å². The molecule has 3 nitrogen and oxygen atoms in total. The van der Waals surface area contributed by atoms with Crippen LogP contribution in [0.1, 0.15) is 16.4 Å². The molecule has 22 heavy (non-hydrogen) atoms. The number of fused-ring (bicyclic) bond motifs is 1. The molecule has 0 aromatic heterocycles. The fourth-order valence-corrected chi connectivity index (χ4v) is 4.37. The van der Waals surface area contributed by atoms with E-state index in [1.807, 2.05) is 48.5 Å². The molecule has 0 fully saturated rings. The molecule has 1 aliphatic rings. The van der Waals surface area contributed by atoms with Crippen LogP contribution < -0.4 is 4.74 Å². The number of ether oxygens (including phenoxy) is 1. The van der Waals surface area contributed by atoms with Crippen LogP contribution in [0.3, 0.4) is 0 Å². The molecule has 0 radical (unpaired) electrons. The second kappa shape index (κ2) is 6.07. The van der Waals surface area contributed by atoms with Gasteiger partial charge in [0.25, 0.3) is 0 Å². The summed E-state index contributed by atoms with van der Waals surface area (Å²) in [5.41, 5.74) is 1.81. The van der Waals surface area contributed by atoms with Gasteiger partial charge < -0.3 is 9.84 Å². The summed E-state index contributed by atoms with van der Waals surface area (Å²) in [4.78, 5) is 12.6. The van der Waals surface area contributed by atoms with E-state index in [2.05, 4.69) is 0 Å². The lowest BCUT2D eigenvalue weighted by Gasteiger charge is -2.27. The van der Waals surface area contributed by atoms with E-state index in [1.54, 1.807) is 7.11 Å². The Kier molecular flexibility index (Phi) is 4.14. The van der Waals surface area contributed by atoms with Gasteiger partial charge >= 0.3 is 5.97 Å². The number of benzene rings is 2. The Morgan fingerprint density at radius 2 is 1.91 bits per heavy atom. The number of aliphatic carboxylic acids is 1. The Morgan fingerprint density at radius 1 is 1.18 bits per heavy atom. The smallest absolute Gasteiger partial charge is 0.334 e. The second-order valence-corrected chi connectivity index (χ2v) is 6.27. The fourth-order valence-electron chi connectivity index (χ4n) is 2.48. The van der Waals surface area contributed by atoms with Gasteiger partial charge in [0.15, 0.2) is 0 Å². The van der Waals surface area contributed by atoms with E-state index < -0.39 is 5.97 Å². The zero-order chi connectivity index (χ0) is 15.7. The van der Waals surface area contributed by atoms with Crippen molar-refractivity contribution in [3.05, 3.63) is 65.2 Å². The fraction of sp³-hybridized carbons (Fsp3) is 0.118. The van der Waals surface area contributed by atoms with Gasteiger partial charge in [-0.1, -0.05) is 54.1 Å². The first-order chi connectivity index (χ1) is 10.6. The molecule has 0 amide bonds. The first kappa shape index (κ1) is 15.0. The van der Waals surface area contributed by atoms with Gasteiger partial charge in [-0.25, -0.2) is 4.79 Å². The second-order valence-electron chi connectivity index (χ2n) is 4.78. The van der Waals surface area contributed by atoms with Gasteiger partial charge in [0.2, 0.25) is 0 Å². The van der Waals surface area contributed by atoms with Crippen LogP contribution in [0.2, 0.25) is 0 Å². The number of methoxy groups -OCH3 is 1. The van der Waals surface area contributed by atoms with E-state index >= 15 is 0 Å². The molecule has 5 heteroatoms. The van der Waals surface area contributed by atoms with E-state index in [9.17, 15) is 9.90 Å². The highest BCUT2D eigenvalue weighted by Crippen LogP contribution is 2.53. The van der Waals surface area contributed by atoms with Gasteiger partial charge in [-0.05, 0) is 11.6 Å². The lowest BCUT2D eigenvalue weighted by Crippen LogP contribution is -2.14. The van der Waals surface area contributed by atoms with Gasteiger partial charge in [-0.3, -0.25) is 0 Å². The van der Waals surface area contributed by atoms with Crippen molar-refractivity contribution in [1.29, 1.82) is 0 Å². The number of carbonyl (C=O) groups is 1. The molecular weight excluding hydrogens is 320 g/mol. The van der Waals surface area contributed by atoms with Crippen LogP contribution in [0.5, 0.6) is 5.75 Å². The molecule has 2 aromatic rings. The number of halogens is 1. The van der Waals surface area contributed by atoms with Gasteiger partial charge in [-0.15, -0.1) is 11.8 Å². The van der Waals surface area contributed by atoms with Gasteiger partial charge in [0, 0.05) is 5.56 Å². The molecule has 1 N–H and O–H groups in total. The summed E-state index contributed by atoms with van der Waals surface area (Å²) >= 11 is 7.87.